The lowest BCUT2D eigenvalue weighted by molar-refractivity contribution is -0.130. The molecule has 1 aromatic heterocycles. The average molecular weight is 476 g/mol. The number of aromatic nitrogens is 2. The smallest absolute Gasteiger partial charge is 0.252 e. The molecular weight excluding hydrogens is 450 g/mol. The van der Waals surface area contributed by atoms with E-state index in [9.17, 15) is 14.4 Å². The first kappa shape index (κ1) is 22.7. The molecule has 2 aromatic rings. The largest absolute Gasteiger partial charge is 0.352 e. The SMILES string of the molecule is O=C(NCCc1nnc(NC(=O)C2CC(=O)N(C3CCCCC3)C2)s1)c1ccccc1Cl. The van der Waals surface area contributed by atoms with Crippen LogP contribution < -0.4 is 10.6 Å². The fourth-order valence-electron chi connectivity index (χ4n) is 4.29. The van der Waals surface area contributed by atoms with Gasteiger partial charge in [-0.25, -0.2) is 0 Å². The summed E-state index contributed by atoms with van der Waals surface area (Å²) in [6, 6.07) is 7.14. The number of nitrogens with one attached hydrogen (secondary N) is 2. The molecule has 170 valence electrons. The Morgan fingerprint density at radius 3 is 2.72 bits per heavy atom. The van der Waals surface area contributed by atoms with Crippen LogP contribution in [0.3, 0.4) is 0 Å². The Bertz CT molecular complexity index is 991. The summed E-state index contributed by atoms with van der Waals surface area (Å²) in [4.78, 5) is 39.2. The summed E-state index contributed by atoms with van der Waals surface area (Å²) in [6.07, 6.45) is 6.34. The number of likely N-dealkylation sites (tertiary alicyclic amines) is 1. The molecule has 1 saturated heterocycles. The van der Waals surface area contributed by atoms with E-state index in [2.05, 4.69) is 20.8 Å². The third-order valence-electron chi connectivity index (χ3n) is 5.98. The van der Waals surface area contributed by atoms with Gasteiger partial charge in [-0.1, -0.05) is 54.3 Å². The van der Waals surface area contributed by atoms with Crippen LogP contribution in [0.5, 0.6) is 0 Å². The summed E-state index contributed by atoms with van der Waals surface area (Å²) in [5, 5.41) is 15.2. The summed E-state index contributed by atoms with van der Waals surface area (Å²) < 4.78 is 0. The Labute approximate surface area is 195 Å². The van der Waals surface area contributed by atoms with Crippen molar-refractivity contribution in [2.24, 2.45) is 5.92 Å². The average Bonchev–Trinajstić information content (AvgIpc) is 3.41. The first-order valence-electron chi connectivity index (χ1n) is 11.0. The molecule has 2 aliphatic rings. The van der Waals surface area contributed by atoms with Crippen LogP contribution in [0, 0.1) is 5.92 Å². The summed E-state index contributed by atoms with van der Waals surface area (Å²) in [6.45, 7) is 0.856. The van der Waals surface area contributed by atoms with Crippen LogP contribution in [0.1, 0.15) is 53.9 Å². The number of amides is 3. The van der Waals surface area contributed by atoms with E-state index in [1.165, 1.54) is 17.8 Å². The van der Waals surface area contributed by atoms with Gasteiger partial charge in [-0.3, -0.25) is 14.4 Å². The maximum atomic E-state index is 12.7. The molecule has 0 radical (unpaired) electrons. The summed E-state index contributed by atoms with van der Waals surface area (Å²) in [7, 11) is 0. The molecule has 2 fully saturated rings. The third kappa shape index (κ3) is 5.45. The van der Waals surface area contributed by atoms with Crippen LogP contribution >= 0.6 is 22.9 Å². The Hall–Kier alpha value is -2.52. The molecule has 4 rings (SSSR count). The molecule has 1 aromatic carbocycles. The van der Waals surface area contributed by atoms with Gasteiger partial charge in [0.25, 0.3) is 5.91 Å². The number of carbonyl (C=O) groups excluding carboxylic acids is 3. The number of hydrogen-bond acceptors (Lipinski definition) is 6. The van der Waals surface area contributed by atoms with E-state index in [1.54, 1.807) is 24.3 Å². The van der Waals surface area contributed by atoms with Crippen molar-refractivity contribution < 1.29 is 14.4 Å². The quantitative estimate of drug-likeness (QED) is 0.639. The van der Waals surface area contributed by atoms with Gasteiger partial charge in [0.15, 0.2) is 0 Å². The van der Waals surface area contributed by atoms with Crippen molar-refractivity contribution >= 4 is 45.8 Å². The number of nitrogens with zero attached hydrogens (tertiary/aromatic N) is 3. The van der Waals surface area contributed by atoms with Gasteiger partial charge in [-0.05, 0) is 25.0 Å². The van der Waals surface area contributed by atoms with E-state index in [0.717, 1.165) is 25.7 Å². The summed E-state index contributed by atoms with van der Waals surface area (Å²) in [5.41, 5.74) is 0.424. The van der Waals surface area contributed by atoms with Gasteiger partial charge in [0, 0.05) is 32.0 Å². The molecule has 32 heavy (non-hydrogen) atoms. The molecule has 2 heterocycles. The molecule has 1 aliphatic carbocycles. The maximum absolute atomic E-state index is 12.7. The lowest BCUT2D eigenvalue weighted by Crippen LogP contribution is -2.38. The van der Waals surface area contributed by atoms with Crippen LogP contribution in [-0.2, 0) is 16.0 Å². The highest BCUT2D eigenvalue weighted by molar-refractivity contribution is 7.15. The van der Waals surface area contributed by atoms with Gasteiger partial charge in [-0.2, -0.15) is 0 Å². The lowest BCUT2D eigenvalue weighted by Gasteiger charge is -2.31. The Balaban J connectivity index is 1.24. The standard InChI is InChI=1S/C22H26ClN5O3S/c23-17-9-5-4-8-16(17)21(31)24-11-10-18-26-27-22(32-18)25-20(30)14-12-19(29)28(13-14)15-6-2-1-3-7-15/h4-5,8-9,14-15H,1-3,6-7,10-13H2,(H,24,31)(H,25,27,30). The molecule has 2 N–H and O–H groups in total. The number of carbonyl (C=O) groups is 3. The summed E-state index contributed by atoms with van der Waals surface area (Å²) >= 11 is 7.31. The Kier molecular flexibility index (Phi) is 7.36. The predicted molar refractivity (Wildman–Crippen MR) is 123 cm³/mol. The van der Waals surface area contributed by atoms with Gasteiger partial charge in [0.2, 0.25) is 16.9 Å². The third-order valence-corrected chi connectivity index (χ3v) is 7.21. The molecule has 1 atom stereocenters. The molecule has 1 saturated carbocycles. The van der Waals surface area contributed by atoms with Crippen molar-refractivity contribution in [2.75, 3.05) is 18.4 Å². The van der Waals surface area contributed by atoms with Gasteiger partial charge in [0.1, 0.15) is 5.01 Å². The Morgan fingerprint density at radius 2 is 1.94 bits per heavy atom. The van der Waals surface area contributed by atoms with E-state index >= 15 is 0 Å². The fraction of sp³-hybridized carbons (Fsp3) is 0.500. The van der Waals surface area contributed by atoms with Crippen LogP contribution in [0.4, 0.5) is 5.13 Å². The van der Waals surface area contributed by atoms with Gasteiger partial charge < -0.3 is 15.5 Å². The van der Waals surface area contributed by atoms with E-state index in [4.69, 9.17) is 11.6 Å². The normalized spacial score (nSPS) is 19.2. The number of halogens is 1. The highest BCUT2D eigenvalue weighted by Gasteiger charge is 2.38. The second-order valence-corrected chi connectivity index (χ2v) is 9.68. The monoisotopic (exact) mass is 475 g/mol. The Morgan fingerprint density at radius 1 is 1.16 bits per heavy atom. The highest BCUT2D eigenvalue weighted by atomic mass is 35.5. The molecule has 0 spiro atoms. The van der Waals surface area contributed by atoms with Crippen molar-refractivity contribution in [3.8, 4) is 0 Å². The fourth-order valence-corrected chi connectivity index (χ4v) is 5.25. The molecule has 10 heteroatoms. The van der Waals surface area contributed by atoms with Crippen molar-refractivity contribution in [1.29, 1.82) is 0 Å². The van der Waals surface area contributed by atoms with Crippen molar-refractivity contribution in [3.63, 3.8) is 0 Å². The first-order chi connectivity index (χ1) is 15.5. The molecule has 8 nitrogen and oxygen atoms in total. The zero-order chi connectivity index (χ0) is 22.5. The zero-order valence-electron chi connectivity index (χ0n) is 17.7. The minimum absolute atomic E-state index is 0.0734. The topological polar surface area (TPSA) is 104 Å². The van der Waals surface area contributed by atoms with E-state index in [0.29, 0.717) is 40.2 Å². The predicted octanol–water partition coefficient (Wildman–Crippen LogP) is 3.28. The molecular formula is C22H26ClN5O3S. The molecule has 1 aliphatic heterocycles. The second kappa shape index (κ2) is 10.4. The zero-order valence-corrected chi connectivity index (χ0v) is 19.3. The number of anilines is 1. The lowest BCUT2D eigenvalue weighted by atomic mass is 9.94. The van der Waals surface area contributed by atoms with Gasteiger partial charge in [-0.15, -0.1) is 10.2 Å². The number of rotatable bonds is 7. The molecule has 1 unspecified atom stereocenters. The number of hydrogen-bond donors (Lipinski definition) is 2. The summed E-state index contributed by atoms with van der Waals surface area (Å²) in [5.74, 6) is -0.718. The van der Waals surface area contributed by atoms with Crippen molar-refractivity contribution in [2.45, 2.75) is 51.0 Å². The minimum Gasteiger partial charge on any atom is -0.352 e. The van der Waals surface area contributed by atoms with Crippen molar-refractivity contribution in [3.05, 3.63) is 39.9 Å². The van der Waals surface area contributed by atoms with Crippen LogP contribution in [0.25, 0.3) is 0 Å². The van der Waals surface area contributed by atoms with Crippen LogP contribution in [0.2, 0.25) is 5.02 Å². The van der Waals surface area contributed by atoms with Crippen LogP contribution in [0.15, 0.2) is 24.3 Å². The highest BCUT2D eigenvalue weighted by Crippen LogP contribution is 2.29. The van der Waals surface area contributed by atoms with E-state index in [1.807, 2.05) is 4.90 Å². The van der Waals surface area contributed by atoms with Crippen LogP contribution in [-0.4, -0.2) is 52.0 Å². The van der Waals surface area contributed by atoms with E-state index in [-0.39, 0.29) is 36.1 Å². The molecule has 3 amide bonds. The van der Waals surface area contributed by atoms with Gasteiger partial charge in [0.05, 0.1) is 16.5 Å². The number of benzene rings is 1. The second-order valence-electron chi connectivity index (χ2n) is 8.21. The minimum atomic E-state index is -0.355. The first-order valence-corrected chi connectivity index (χ1v) is 12.2. The maximum Gasteiger partial charge on any atom is 0.252 e. The van der Waals surface area contributed by atoms with E-state index < -0.39 is 0 Å². The molecule has 0 bridgehead atoms. The van der Waals surface area contributed by atoms with Crippen molar-refractivity contribution in [1.82, 2.24) is 20.4 Å². The van der Waals surface area contributed by atoms with Gasteiger partial charge >= 0.3 is 0 Å².